The van der Waals surface area contributed by atoms with Crippen molar-refractivity contribution in [3.05, 3.63) is 33.3 Å². The fraction of sp³-hybridized carbons (Fsp3) is 0.364. The van der Waals surface area contributed by atoms with Gasteiger partial charge in [-0.3, -0.25) is 4.79 Å². The molecule has 86 valence electrons. The molecular weight excluding hydrogens is 313 g/mol. The summed E-state index contributed by atoms with van der Waals surface area (Å²) in [5.41, 5.74) is 0.401. The molecule has 0 radical (unpaired) electrons. The zero-order valence-corrected chi connectivity index (χ0v) is 11.5. The topological polar surface area (TPSA) is 29.1 Å². The largest absolute Gasteiger partial charge is 0.345 e. The predicted octanol–water partition coefficient (Wildman–Crippen LogP) is 3.60. The van der Waals surface area contributed by atoms with Crippen LogP contribution < -0.4 is 5.32 Å². The molecule has 0 heterocycles. The van der Waals surface area contributed by atoms with Crippen LogP contribution in [-0.2, 0) is 0 Å². The van der Waals surface area contributed by atoms with Crippen molar-refractivity contribution in [2.75, 3.05) is 5.88 Å². The highest BCUT2D eigenvalue weighted by atomic mass is 79.9. The summed E-state index contributed by atoms with van der Waals surface area (Å²) in [6.07, 6.45) is 1.90. The first-order valence-corrected chi connectivity index (χ1v) is 6.60. The van der Waals surface area contributed by atoms with Crippen molar-refractivity contribution in [3.8, 4) is 0 Å². The maximum absolute atomic E-state index is 11.9. The van der Waals surface area contributed by atoms with Crippen LogP contribution in [0.1, 0.15) is 23.2 Å². The minimum atomic E-state index is -0.183. The molecule has 1 N–H and O–H groups in total. The summed E-state index contributed by atoms with van der Waals surface area (Å²) in [5, 5.41) is 3.55. The Morgan fingerprint density at radius 2 is 2.19 bits per heavy atom. The third kappa shape index (κ3) is 2.53. The number of carbonyl (C=O) groups excluding carboxylic acids is 1. The summed E-state index contributed by atoms with van der Waals surface area (Å²) in [6, 6.07) is 5.10. The van der Waals surface area contributed by atoms with E-state index >= 15 is 0 Å². The predicted molar refractivity (Wildman–Crippen MR) is 69.3 cm³/mol. The van der Waals surface area contributed by atoms with Gasteiger partial charge < -0.3 is 5.32 Å². The number of hydrogen-bond donors (Lipinski definition) is 1. The number of nitrogens with one attached hydrogen (secondary N) is 1. The molecule has 2 nitrogen and oxygen atoms in total. The normalized spacial score (nSPS) is 16.9. The highest BCUT2D eigenvalue weighted by Crippen LogP contribution is 2.37. The van der Waals surface area contributed by atoms with Gasteiger partial charge in [0.15, 0.2) is 0 Å². The molecular formula is C11H10BrCl2NO. The van der Waals surface area contributed by atoms with Gasteiger partial charge in [0.2, 0.25) is 0 Å². The lowest BCUT2D eigenvalue weighted by atomic mass is 10.2. The van der Waals surface area contributed by atoms with Gasteiger partial charge >= 0.3 is 0 Å². The highest BCUT2D eigenvalue weighted by Gasteiger charge is 2.43. The van der Waals surface area contributed by atoms with Crippen LogP contribution >= 0.6 is 39.1 Å². The molecule has 1 aliphatic rings. The Bertz CT molecular complexity index is 432. The van der Waals surface area contributed by atoms with E-state index in [0.717, 1.165) is 12.8 Å². The van der Waals surface area contributed by atoms with Crippen LogP contribution in [0.3, 0.4) is 0 Å². The van der Waals surface area contributed by atoms with Crippen molar-refractivity contribution in [1.82, 2.24) is 5.32 Å². The summed E-state index contributed by atoms with van der Waals surface area (Å²) >= 11 is 14.9. The Morgan fingerprint density at radius 3 is 2.69 bits per heavy atom. The van der Waals surface area contributed by atoms with Gasteiger partial charge in [0.1, 0.15) is 0 Å². The minimum absolute atomic E-state index is 0.110. The van der Waals surface area contributed by atoms with E-state index in [-0.39, 0.29) is 11.4 Å². The average molecular weight is 323 g/mol. The lowest BCUT2D eigenvalue weighted by Crippen LogP contribution is -2.38. The average Bonchev–Trinajstić information content (AvgIpc) is 2.98. The number of alkyl halides is 1. The van der Waals surface area contributed by atoms with Crippen LogP contribution in [0, 0.1) is 0 Å². The second-order valence-electron chi connectivity index (χ2n) is 3.99. The Kier molecular flexibility index (Phi) is 3.48. The van der Waals surface area contributed by atoms with Gasteiger partial charge in [-0.1, -0.05) is 11.6 Å². The molecule has 0 aromatic heterocycles. The fourth-order valence-corrected chi connectivity index (χ4v) is 2.62. The standard InChI is InChI=1S/C11H10BrCl2NO/c12-9-5-7(14)1-2-8(9)10(16)15-11(6-13)3-4-11/h1-2,5H,3-4,6H2,(H,15,16). The summed E-state index contributed by atoms with van der Waals surface area (Å²) in [4.78, 5) is 11.9. The summed E-state index contributed by atoms with van der Waals surface area (Å²) in [6.45, 7) is 0. The number of benzene rings is 1. The maximum atomic E-state index is 11.9. The first-order valence-electron chi connectivity index (χ1n) is 4.90. The second kappa shape index (κ2) is 4.55. The Morgan fingerprint density at radius 1 is 1.50 bits per heavy atom. The fourth-order valence-electron chi connectivity index (χ4n) is 1.42. The van der Waals surface area contributed by atoms with Crippen molar-refractivity contribution >= 4 is 45.0 Å². The number of rotatable bonds is 3. The molecule has 1 fully saturated rings. The van der Waals surface area contributed by atoms with E-state index in [9.17, 15) is 4.79 Å². The van der Waals surface area contributed by atoms with Crippen LogP contribution in [0.5, 0.6) is 0 Å². The van der Waals surface area contributed by atoms with Gasteiger partial charge in [-0.2, -0.15) is 0 Å². The van der Waals surface area contributed by atoms with Gasteiger partial charge in [-0.15, -0.1) is 11.6 Å². The van der Waals surface area contributed by atoms with Crippen LogP contribution in [0.25, 0.3) is 0 Å². The van der Waals surface area contributed by atoms with Crippen molar-refractivity contribution in [1.29, 1.82) is 0 Å². The summed E-state index contributed by atoms with van der Waals surface area (Å²) < 4.78 is 0.697. The number of amides is 1. The quantitative estimate of drug-likeness (QED) is 0.846. The lowest BCUT2D eigenvalue weighted by Gasteiger charge is -2.14. The minimum Gasteiger partial charge on any atom is -0.345 e. The number of halogens is 3. The summed E-state index contributed by atoms with van der Waals surface area (Å²) in [7, 11) is 0. The maximum Gasteiger partial charge on any atom is 0.252 e. The molecule has 0 atom stereocenters. The number of carbonyl (C=O) groups is 1. The van der Waals surface area contributed by atoms with Crippen molar-refractivity contribution in [2.45, 2.75) is 18.4 Å². The van der Waals surface area contributed by atoms with Crippen LogP contribution in [0.4, 0.5) is 0 Å². The molecule has 1 aromatic carbocycles. The lowest BCUT2D eigenvalue weighted by molar-refractivity contribution is 0.0935. The molecule has 0 unspecified atom stereocenters. The first kappa shape index (κ1) is 12.2. The van der Waals surface area contributed by atoms with Crippen LogP contribution in [-0.4, -0.2) is 17.3 Å². The molecule has 0 spiro atoms. The molecule has 2 rings (SSSR count). The van der Waals surface area contributed by atoms with Gasteiger partial charge in [0.05, 0.1) is 11.1 Å². The Hall–Kier alpha value is -0.250. The molecule has 5 heteroatoms. The zero-order chi connectivity index (χ0) is 11.8. The SMILES string of the molecule is O=C(NC1(CCl)CC1)c1ccc(Cl)cc1Br. The van der Waals surface area contributed by atoms with Crippen LogP contribution in [0.2, 0.25) is 5.02 Å². The van der Waals surface area contributed by atoms with Crippen molar-refractivity contribution in [3.63, 3.8) is 0 Å². The van der Waals surface area contributed by atoms with E-state index in [1.165, 1.54) is 0 Å². The second-order valence-corrected chi connectivity index (χ2v) is 5.55. The van der Waals surface area contributed by atoms with E-state index in [1.807, 2.05) is 0 Å². The number of hydrogen-bond acceptors (Lipinski definition) is 1. The monoisotopic (exact) mass is 321 g/mol. The molecule has 1 amide bonds. The molecule has 0 aliphatic heterocycles. The third-order valence-electron chi connectivity index (χ3n) is 2.66. The van der Waals surface area contributed by atoms with Crippen molar-refractivity contribution in [2.24, 2.45) is 0 Å². The molecule has 1 saturated carbocycles. The van der Waals surface area contributed by atoms with Gasteiger partial charge in [-0.05, 0) is 47.0 Å². The molecule has 0 saturated heterocycles. The first-order chi connectivity index (χ1) is 7.56. The third-order valence-corrected chi connectivity index (χ3v) is 4.07. The van der Waals surface area contributed by atoms with Gasteiger partial charge in [-0.25, -0.2) is 0 Å². The molecule has 1 aliphatic carbocycles. The smallest absolute Gasteiger partial charge is 0.252 e. The van der Waals surface area contributed by atoms with Gasteiger partial charge in [0.25, 0.3) is 5.91 Å². The van der Waals surface area contributed by atoms with E-state index in [1.54, 1.807) is 18.2 Å². The highest BCUT2D eigenvalue weighted by molar-refractivity contribution is 9.10. The van der Waals surface area contributed by atoms with Crippen LogP contribution in [0.15, 0.2) is 22.7 Å². The molecule has 16 heavy (non-hydrogen) atoms. The van der Waals surface area contributed by atoms with E-state index in [0.29, 0.717) is 20.9 Å². The molecule has 1 aromatic rings. The molecule has 0 bridgehead atoms. The Labute approximate surface area is 112 Å². The summed E-state index contributed by atoms with van der Waals surface area (Å²) in [5.74, 6) is 0.353. The Balaban J connectivity index is 2.15. The van der Waals surface area contributed by atoms with E-state index < -0.39 is 0 Å². The van der Waals surface area contributed by atoms with E-state index in [4.69, 9.17) is 23.2 Å². The van der Waals surface area contributed by atoms with Crippen molar-refractivity contribution < 1.29 is 4.79 Å². The zero-order valence-electron chi connectivity index (χ0n) is 8.40. The van der Waals surface area contributed by atoms with E-state index in [2.05, 4.69) is 21.2 Å². The van der Waals surface area contributed by atoms with Gasteiger partial charge in [0, 0.05) is 15.4 Å².